The van der Waals surface area contributed by atoms with Crippen molar-refractivity contribution in [2.24, 2.45) is 7.05 Å². The molecule has 3 aromatic rings. The van der Waals surface area contributed by atoms with Crippen LogP contribution in [-0.4, -0.2) is 40.2 Å². The third kappa shape index (κ3) is 4.04. The van der Waals surface area contributed by atoms with Crippen molar-refractivity contribution in [2.75, 3.05) is 13.7 Å². The average Bonchev–Trinajstić information content (AvgIpc) is 2.71. The second kappa shape index (κ2) is 8.22. The molecule has 0 N–H and O–H groups in total. The van der Waals surface area contributed by atoms with Crippen molar-refractivity contribution in [3.63, 3.8) is 0 Å². The lowest BCUT2D eigenvalue weighted by atomic mass is 10.1. The van der Waals surface area contributed by atoms with Crippen LogP contribution in [0.25, 0.3) is 10.8 Å². The molecule has 0 bridgehead atoms. The number of esters is 1. The van der Waals surface area contributed by atoms with E-state index in [0.717, 1.165) is 10.2 Å². The van der Waals surface area contributed by atoms with Crippen LogP contribution in [0.3, 0.4) is 0 Å². The van der Waals surface area contributed by atoms with Gasteiger partial charge in [0.05, 0.1) is 12.5 Å². The van der Waals surface area contributed by atoms with Crippen LogP contribution < -0.4 is 5.56 Å². The molecule has 0 aliphatic carbocycles. The predicted octanol–water partition coefficient (Wildman–Crippen LogP) is 2.40. The summed E-state index contributed by atoms with van der Waals surface area (Å²) in [7, 11) is 2.74. The van der Waals surface area contributed by atoms with Crippen molar-refractivity contribution >= 4 is 34.2 Å². The van der Waals surface area contributed by atoms with Gasteiger partial charge in [-0.2, -0.15) is 5.10 Å². The smallest absolute Gasteiger partial charge is 0.325 e. The summed E-state index contributed by atoms with van der Waals surface area (Å²) in [4.78, 5) is 38.8. The zero-order valence-electron chi connectivity index (χ0n) is 15.4. The molecule has 0 fully saturated rings. The average molecular weight is 400 g/mol. The molecular weight excluding hydrogens is 382 g/mol. The maximum Gasteiger partial charge on any atom is 0.325 e. The van der Waals surface area contributed by atoms with Crippen molar-refractivity contribution in [1.82, 2.24) is 14.7 Å². The lowest BCUT2D eigenvalue weighted by Crippen LogP contribution is -2.37. The molecule has 7 nitrogen and oxygen atoms in total. The van der Waals surface area contributed by atoms with Crippen LogP contribution in [0.1, 0.15) is 16.1 Å². The Morgan fingerprint density at radius 3 is 2.39 bits per heavy atom. The van der Waals surface area contributed by atoms with E-state index in [1.807, 2.05) is 0 Å². The highest BCUT2D eigenvalue weighted by Gasteiger charge is 2.24. The SMILES string of the molecule is COC(=O)CN(Cc1ccc(Cl)cc1)C(=O)c1nn(C)c(=O)c2ccccc12. The predicted molar refractivity (Wildman–Crippen MR) is 105 cm³/mol. The topological polar surface area (TPSA) is 81.5 Å². The Kier molecular flexibility index (Phi) is 5.75. The quantitative estimate of drug-likeness (QED) is 0.615. The fourth-order valence-corrected chi connectivity index (χ4v) is 2.96. The zero-order valence-corrected chi connectivity index (χ0v) is 16.1. The largest absolute Gasteiger partial charge is 0.468 e. The number of ether oxygens (including phenoxy) is 1. The normalized spacial score (nSPS) is 10.7. The van der Waals surface area contributed by atoms with Crippen molar-refractivity contribution in [1.29, 1.82) is 0 Å². The molecule has 3 rings (SSSR count). The Morgan fingerprint density at radius 1 is 1.11 bits per heavy atom. The van der Waals surface area contributed by atoms with Gasteiger partial charge in [0.25, 0.3) is 11.5 Å². The molecule has 1 aromatic heterocycles. The molecule has 0 radical (unpaired) electrons. The van der Waals surface area contributed by atoms with Crippen molar-refractivity contribution < 1.29 is 14.3 Å². The molecule has 0 atom stereocenters. The molecule has 144 valence electrons. The number of nitrogens with zero attached hydrogens (tertiary/aromatic N) is 3. The number of benzene rings is 2. The molecule has 0 aliphatic heterocycles. The summed E-state index contributed by atoms with van der Waals surface area (Å²) >= 11 is 5.91. The van der Waals surface area contributed by atoms with E-state index >= 15 is 0 Å². The summed E-state index contributed by atoms with van der Waals surface area (Å²) in [6, 6.07) is 13.7. The number of aromatic nitrogens is 2. The van der Waals surface area contributed by atoms with Gasteiger partial charge in [-0.25, -0.2) is 4.68 Å². The number of amides is 1. The van der Waals surface area contributed by atoms with Gasteiger partial charge in [-0.15, -0.1) is 0 Å². The summed E-state index contributed by atoms with van der Waals surface area (Å²) in [5.74, 6) is -1.04. The Morgan fingerprint density at radius 2 is 1.75 bits per heavy atom. The first kappa shape index (κ1) is 19.6. The molecule has 2 aromatic carbocycles. The minimum atomic E-state index is -0.559. The van der Waals surface area contributed by atoms with Gasteiger partial charge in [0.15, 0.2) is 5.69 Å². The highest BCUT2D eigenvalue weighted by Crippen LogP contribution is 2.17. The van der Waals surface area contributed by atoms with Crippen LogP contribution in [0.5, 0.6) is 0 Å². The first-order valence-corrected chi connectivity index (χ1v) is 8.85. The molecule has 0 unspecified atom stereocenters. The van der Waals surface area contributed by atoms with Crippen molar-refractivity contribution in [3.8, 4) is 0 Å². The van der Waals surface area contributed by atoms with E-state index in [4.69, 9.17) is 16.3 Å². The standard InChI is InChI=1S/C20H18ClN3O4/c1-23-19(26)16-6-4-3-5-15(16)18(22-23)20(27)24(12-17(25)28-2)11-13-7-9-14(21)10-8-13/h3-10H,11-12H2,1-2H3. The number of hydrogen-bond acceptors (Lipinski definition) is 5. The fourth-order valence-electron chi connectivity index (χ4n) is 2.84. The van der Waals surface area contributed by atoms with Gasteiger partial charge in [-0.1, -0.05) is 41.9 Å². The number of hydrogen-bond donors (Lipinski definition) is 0. The van der Waals surface area contributed by atoms with E-state index in [-0.39, 0.29) is 24.3 Å². The van der Waals surface area contributed by atoms with Crippen LogP contribution in [0.15, 0.2) is 53.3 Å². The molecular formula is C20H18ClN3O4. The fraction of sp³-hybridized carbons (Fsp3) is 0.200. The number of aryl methyl sites for hydroxylation is 1. The van der Waals surface area contributed by atoms with E-state index in [0.29, 0.717) is 15.8 Å². The number of rotatable bonds is 5. The highest BCUT2D eigenvalue weighted by atomic mass is 35.5. The molecule has 0 saturated heterocycles. The third-order valence-corrected chi connectivity index (χ3v) is 4.53. The van der Waals surface area contributed by atoms with Gasteiger partial charge in [0.1, 0.15) is 6.54 Å². The Balaban J connectivity index is 2.05. The number of fused-ring (bicyclic) bond motifs is 1. The summed E-state index contributed by atoms with van der Waals surface area (Å²) in [5, 5.41) is 5.53. The lowest BCUT2D eigenvalue weighted by molar-refractivity contribution is -0.141. The van der Waals surface area contributed by atoms with Gasteiger partial charge >= 0.3 is 5.97 Å². The van der Waals surface area contributed by atoms with E-state index in [9.17, 15) is 14.4 Å². The number of carbonyl (C=O) groups is 2. The Hall–Kier alpha value is -3.19. The van der Waals surface area contributed by atoms with Crippen LogP contribution in [0.2, 0.25) is 5.02 Å². The molecule has 0 spiro atoms. The minimum absolute atomic E-state index is 0.0931. The maximum atomic E-state index is 13.3. The molecule has 1 amide bonds. The number of carbonyl (C=O) groups excluding carboxylic acids is 2. The van der Waals surface area contributed by atoms with Gasteiger partial charge in [-0.05, 0) is 23.8 Å². The molecule has 8 heteroatoms. The first-order valence-electron chi connectivity index (χ1n) is 8.47. The maximum absolute atomic E-state index is 13.3. The van der Waals surface area contributed by atoms with E-state index < -0.39 is 11.9 Å². The van der Waals surface area contributed by atoms with Crippen LogP contribution >= 0.6 is 11.6 Å². The summed E-state index contributed by atoms with van der Waals surface area (Å²) in [6.45, 7) is -0.0965. The van der Waals surface area contributed by atoms with Gasteiger partial charge < -0.3 is 9.64 Å². The van der Waals surface area contributed by atoms with E-state index in [2.05, 4.69) is 5.10 Å². The van der Waals surface area contributed by atoms with Crippen molar-refractivity contribution in [2.45, 2.75) is 6.54 Å². The van der Waals surface area contributed by atoms with Crippen LogP contribution in [0.4, 0.5) is 0 Å². The third-order valence-electron chi connectivity index (χ3n) is 4.28. The van der Waals surface area contributed by atoms with Gasteiger partial charge in [-0.3, -0.25) is 14.4 Å². The first-order chi connectivity index (χ1) is 13.4. The highest BCUT2D eigenvalue weighted by molar-refractivity contribution is 6.30. The summed E-state index contributed by atoms with van der Waals surface area (Å²) in [6.07, 6.45) is 0. The molecule has 1 heterocycles. The zero-order chi connectivity index (χ0) is 20.3. The van der Waals surface area contributed by atoms with E-state index in [1.165, 1.54) is 19.1 Å². The number of methoxy groups -OCH3 is 1. The summed E-state index contributed by atoms with van der Waals surface area (Å²) in [5.41, 5.74) is 0.579. The van der Waals surface area contributed by atoms with Crippen LogP contribution in [-0.2, 0) is 23.1 Å². The Labute approximate surface area is 166 Å². The molecule has 0 saturated carbocycles. The monoisotopic (exact) mass is 399 g/mol. The second-order valence-corrected chi connectivity index (χ2v) is 6.62. The van der Waals surface area contributed by atoms with Gasteiger partial charge in [0.2, 0.25) is 0 Å². The van der Waals surface area contributed by atoms with Crippen molar-refractivity contribution in [3.05, 3.63) is 75.2 Å². The lowest BCUT2D eigenvalue weighted by Gasteiger charge is -2.22. The molecule has 28 heavy (non-hydrogen) atoms. The van der Waals surface area contributed by atoms with E-state index in [1.54, 1.807) is 48.5 Å². The number of halogens is 1. The summed E-state index contributed by atoms with van der Waals surface area (Å²) < 4.78 is 5.84. The minimum Gasteiger partial charge on any atom is -0.468 e. The van der Waals surface area contributed by atoms with Crippen LogP contribution in [0, 0.1) is 0 Å². The second-order valence-electron chi connectivity index (χ2n) is 6.19. The molecule has 0 aliphatic rings. The van der Waals surface area contributed by atoms with Gasteiger partial charge in [0, 0.05) is 24.0 Å². The Bertz CT molecular complexity index is 1090.